The van der Waals surface area contributed by atoms with Crippen LogP contribution in [-0.4, -0.2) is 16.9 Å². The molecule has 1 N–H and O–H groups in total. The monoisotopic (exact) mass is 346 g/mol. The molecule has 1 atom stereocenters. The summed E-state index contributed by atoms with van der Waals surface area (Å²) in [4.78, 5) is 23.7. The Kier molecular flexibility index (Phi) is 3.22. The number of carboxylic acids is 1. The molecule has 3 heteroatoms. The fourth-order valence-electron chi connectivity index (χ4n) is 5.61. The van der Waals surface area contributed by atoms with Crippen LogP contribution in [0.15, 0.2) is 24.3 Å². The van der Waals surface area contributed by atoms with E-state index < -0.39 is 5.97 Å². The number of carbonyl (C=O) groups excluding carboxylic acids is 1. The number of carboxylic acid groups (broad SMARTS) is 1. The zero-order valence-corrected chi connectivity index (χ0v) is 15.0. The molecule has 2 aromatic rings. The van der Waals surface area contributed by atoms with Crippen LogP contribution < -0.4 is 0 Å². The van der Waals surface area contributed by atoms with Crippen LogP contribution in [0.2, 0.25) is 0 Å². The first kappa shape index (κ1) is 15.8. The van der Waals surface area contributed by atoms with Gasteiger partial charge in [0, 0.05) is 5.56 Å². The number of hydrogen-bond donors (Lipinski definition) is 1. The highest BCUT2D eigenvalue weighted by Gasteiger charge is 2.44. The predicted molar refractivity (Wildman–Crippen MR) is 99.1 cm³/mol. The Morgan fingerprint density at radius 1 is 0.885 bits per heavy atom. The van der Waals surface area contributed by atoms with E-state index in [0.29, 0.717) is 5.56 Å². The fourth-order valence-corrected chi connectivity index (χ4v) is 5.61. The molecule has 0 saturated heterocycles. The van der Waals surface area contributed by atoms with E-state index in [0.717, 1.165) is 61.6 Å². The molecule has 5 rings (SSSR count). The summed E-state index contributed by atoms with van der Waals surface area (Å²) in [5.74, 6) is -0.653. The first-order valence-corrected chi connectivity index (χ1v) is 9.48. The Bertz CT molecular complexity index is 985. The number of aromatic carboxylic acids is 1. The van der Waals surface area contributed by atoms with E-state index in [1.165, 1.54) is 22.3 Å². The Hall–Kier alpha value is -2.42. The van der Waals surface area contributed by atoms with Crippen molar-refractivity contribution in [3.8, 4) is 0 Å². The van der Waals surface area contributed by atoms with Crippen molar-refractivity contribution in [2.75, 3.05) is 0 Å². The Morgan fingerprint density at radius 2 is 1.65 bits per heavy atom. The summed E-state index contributed by atoms with van der Waals surface area (Å²) in [5, 5.41) is 9.88. The van der Waals surface area contributed by atoms with E-state index in [1.54, 1.807) is 6.92 Å². The smallest absolute Gasteiger partial charge is 0.336 e. The van der Waals surface area contributed by atoms with Gasteiger partial charge in [-0.25, -0.2) is 4.79 Å². The van der Waals surface area contributed by atoms with Gasteiger partial charge in [0.25, 0.3) is 0 Å². The lowest BCUT2D eigenvalue weighted by atomic mass is 9.81. The van der Waals surface area contributed by atoms with E-state index in [1.807, 2.05) is 12.1 Å². The average molecular weight is 346 g/mol. The molecule has 0 aromatic heterocycles. The van der Waals surface area contributed by atoms with Gasteiger partial charge < -0.3 is 5.11 Å². The van der Waals surface area contributed by atoms with Crippen molar-refractivity contribution >= 4 is 11.8 Å². The van der Waals surface area contributed by atoms with Gasteiger partial charge in [0.2, 0.25) is 0 Å². The third-order valence-corrected chi connectivity index (χ3v) is 6.67. The summed E-state index contributed by atoms with van der Waals surface area (Å²) in [6.45, 7) is 1.61. The lowest BCUT2D eigenvalue weighted by molar-refractivity contribution is 0.0694. The second-order valence-corrected chi connectivity index (χ2v) is 8.43. The summed E-state index contributed by atoms with van der Waals surface area (Å²) in [7, 11) is 0. The van der Waals surface area contributed by atoms with Crippen LogP contribution in [0.3, 0.4) is 0 Å². The zero-order chi connectivity index (χ0) is 18.1. The number of rotatable bonds is 2. The number of ketones is 1. The zero-order valence-electron chi connectivity index (χ0n) is 15.0. The quantitative estimate of drug-likeness (QED) is 0.838. The molecule has 132 valence electrons. The van der Waals surface area contributed by atoms with Gasteiger partial charge in [-0.2, -0.15) is 0 Å². The molecule has 0 aliphatic heterocycles. The normalized spacial score (nSPS) is 22.3. The Balaban J connectivity index is 1.55. The molecule has 2 aromatic carbocycles. The summed E-state index contributed by atoms with van der Waals surface area (Å²) >= 11 is 0. The second-order valence-electron chi connectivity index (χ2n) is 8.43. The first-order valence-electron chi connectivity index (χ1n) is 9.48. The largest absolute Gasteiger partial charge is 0.478 e. The predicted octanol–water partition coefficient (Wildman–Crippen LogP) is 3.96. The van der Waals surface area contributed by atoms with Crippen LogP contribution in [-0.2, 0) is 38.5 Å². The molecule has 26 heavy (non-hydrogen) atoms. The number of carbonyl (C=O) groups is 2. The lowest BCUT2D eigenvalue weighted by Gasteiger charge is -2.22. The van der Waals surface area contributed by atoms with Gasteiger partial charge in [-0.05, 0) is 96.7 Å². The highest BCUT2D eigenvalue weighted by Crippen LogP contribution is 2.49. The van der Waals surface area contributed by atoms with Crippen molar-refractivity contribution in [1.82, 2.24) is 0 Å². The highest BCUT2D eigenvalue weighted by molar-refractivity contribution is 5.94. The number of benzene rings is 2. The van der Waals surface area contributed by atoms with E-state index in [-0.39, 0.29) is 11.2 Å². The van der Waals surface area contributed by atoms with Gasteiger partial charge in [0.15, 0.2) is 5.78 Å². The maximum Gasteiger partial charge on any atom is 0.336 e. The van der Waals surface area contributed by atoms with Crippen LogP contribution in [0.5, 0.6) is 0 Å². The third kappa shape index (κ3) is 2.19. The van der Waals surface area contributed by atoms with Crippen molar-refractivity contribution in [2.24, 2.45) is 5.41 Å². The molecule has 0 radical (unpaired) electrons. The topological polar surface area (TPSA) is 54.4 Å². The number of fused-ring (bicyclic) bond motifs is 3. The molecule has 0 heterocycles. The van der Waals surface area contributed by atoms with E-state index >= 15 is 0 Å². The van der Waals surface area contributed by atoms with E-state index in [9.17, 15) is 14.7 Å². The van der Waals surface area contributed by atoms with Crippen LogP contribution in [0.25, 0.3) is 0 Å². The minimum Gasteiger partial charge on any atom is -0.478 e. The second kappa shape index (κ2) is 5.29. The van der Waals surface area contributed by atoms with Gasteiger partial charge in [0.1, 0.15) is 0 Å². The Labute approximate surface area is 153 Å². The SMILES string of the molecule is CC(=O)c1ccc2c(c1)C[C@@]1(C2)Cc2cc3c(c(C(=O)O)c2C1)CCC3. The Morgan fingerprint density at radius 3 is 2.42 bits per heavy atom. The molecule has 0 fully saturated rings. The minimum absolute atomic E-state index is 0.0966. The molecule has 1 spiro atoms. The van der Waals surface area contributed by atoms with Gasteiger partial charge in [-0.3, -0.25) is 4.79 Å². The minimum atomic E-state index is -0.758. The van der Waals surface area contributed by atoms with Crippen molar-refractivity contribution in [2.45, 2.75) is 51.9 Å². The summed E-state index contributed by atoms with van der Waals surface area (Å²) in [5.41, 5.74) is 8.76. The van der Waals surface area contributed by atoms with E-state index in [2.05, 4.69) is 12.1 Å². The molecule has 3 aliphatic carbocycles. The maximum absolute atomic E-state index is 12.0. The summed E-state index contributed by atoms with van der Waals surface area (Å²) in [6, 6.07) is 8.37. The third-order valence-electron chi connectivity index (χ3n) is 6.67. The molecule has 0 amide bonds. The van der Waals surface area contributed by atoms with Crippen molar-refractivity contribution in [3.05, 3.63) is 68.8 Å². The van der Waals surface area contributed by atoms with Crippen LogP contribution in [0, 0.1) is 5.41 Å². The van der Waals surface area contributed by atoms with Crippen molar-refractivity contribution in [3.63, 3.8) is 0 Å². The number of aryl methyl sites for hydroxylation is 1. The van der Waals surface area contributed by atoms with Gasteiger partial charge in [-0.15, -0.1) is 0 Å². The van der Waals surface area contributed by atoms with Crippen LogP contribution in [0.4, 0.5) is 0 Å². The standard InChI is InChI=1S/C23H22O3/c1-13(24)14-5-6-16-9-23(10-17(16)7-14)11-18-8-15-3-2-4-19(15)21(22(25)26)20(18)12-23/h5-8H,2-4,9-12H2,1H3,(H,25,26)/t23-/m0/s1. The first-order chi connectivity index (χ1) is 12.5. The van der Waals surface area contributed by atoms with Gasteiger partial charge >= 0.3 is 5.97 Å². The molecule has 0 unspecified atom stereocenters. The molecule has 3 nitrogen and oxygen atoms in total. The van der Waals surface area contributed by atoms with Gasteiger partial charge in [0.05, 0.1) is 5.56 Å². The highest BCUT2D eigenvalue weighted by atomic mass is 16.4. The van der Waals surface area contributed by atoms with Crippen molar-refractivity contribution in [1.29, 1.82) is 0 Å². The molecular weight excluding hydrogens is 324 g/mol. The van der Waals surface area contributed by atoms with E-state index in [4.69, 9.17) is 0 Å². The van der Waals surface area contributed by atoms with Crippen LogP contribution >= 0.6 is 0 Å². The summed E-state index contributed by atoms with van der Waals surface area (Å²) in [6.07, 6.45) is 6.72. The van der Waals surface area contributed by atoms with Crippen molar-refractivity contribution < 1.29 is 14.7 Å². The fraction of sp³-hybridized carbons (Fsp3) is 0.391. The molecule has 3 aliphatic rings. The van der Waals surface area contributed by atoms with Crippen LogP contribution in [0.1, 0.15) is 67.4 Å². The number of Topliss-reactive ketones (excluding diaryl/α,β-unsaturated/α-hetero) is 1. The lowest BCUT2D eigenvalue weighted by Crippen LogP contribution is -2.22. The molecular formula is C23H22O3. The maximum atomic E-state index is 12.0. The summed E-state index contributed by atoms with van der Waals surface area (Å²) < 4.78 is 0. The average Bonchev–Trinajstić information content (AvgIpc) is 3.26. The molecule has 0 saturated carbocycles. The van der Waals surface area contributed by atoms with Gasteiger partial charge in [-0.1, -0.05) is 18.2 Å². The number of hydrogen-bond acceptors (Lipinski definition) is 2. The molecule has 0 bridgehead atoms.